The highest BCUT2D eigenvalue weighted by atomic mass is 35.5. The lowest BCUT2D eigenvalue weighted by Crippen LogP contribution is -2.27. The second kappa shape index (κ2) is 5.19. The van der Waals surface area contributed by atoms with Crippen molar-refractivity contribution in [3.8, 4) is 0 Å². The van der Waals surface area contributed by atoms with E-state index in [1.165, 1.54) is 28.7 Å². The lowest BCUT2D eigenvalue weighted by Gasteiger charge is -2.11. The first-order valence-electron chi connectivity index (χ1n) is 5.58. The quantitative estimate of drug-likeness (QED) is 0.559. The van der Waals surface area contributed by atoms with Gasteiger partial charge in [0, 0.05) is 14.5 Å². The molecule has 1 aromatic carbocycles. The van der Waals surface area contributed by atoms with Gasteiger partial charge in [-0.25, -0.2) is 9.82 Å². The van der Waals surface area contributed by atoms with Crippen LogP contribution < -0.4 is 11.3 Å². The van der Waals surface area contributed by atoms with Gasteiger partial charge in [-0.2, -0.15) is 0 Å². The highest BCUT2D eigenvalue weighted by Crippen LogP contribution is 2.36. The molecule has 2 aromatic heterocycles. The van der Waals surface area contributed by atoms with Crippen LogP contribution in [0.25, 0.3) is 10.1 Å². The van der Waals surface area contributed by atoms with E-state index in [1.54, 1.807) is 12.1 Å². The van der Waals surface area contributed by atoms with Crippen molar-refractivity contribution in [2.24, 2.45) is 5.84 Å². The molecule has 0 spiro atoms. The standard InChI is InChI=1S/C13H10ClFN2S2/c14-12-4-3-9(19-12)13(17-16)11-5-7-1-2-8(15)6-10(7)18-11/h1-6,13,17H,16H2. The second-order valence-corrected chi connectivity index (χ2v) is 6.93. The van der Waals surface area contributed by atoms with Crippen LogP contribution in [0.3, 0.4) is 0 Å². The van der Waals surface area contributed by atoms with Gasteiger partial charge in [0.1, 0.15) is 5.82 Å². The molecule has 0 amide bonds. The van der Waals surface area contributed by atoms with Gasteiger partial charge in [0.2, 0.25) is 0 Å². The number of halogens is 2. The number of fused-ring (bicyclic) bond motifs is 1. The molecule has 0 aliphatic carbocycles. The Morgan fingerprint density at radius 1 is 1.11 bits per heavy atom. The first kappa shape index (κ1) is 13.0. The third-order valence-corrected chi connectivity index (χ3v) is 5.29. The van der Waals surface area contributed by atoms with Crippen molar-refractivity contribution in [1.29, 1.82) is 0 Å². The summed E-state index contributed by atoms with van der Waals surface area (Å²) in [5.41, 5.74) is 2.79. The summed E-state index contributed by atoms with van der Waals surface area (Å²) < 4.78 is 14.8. The first-order valence-corrected chi connectivity index (χ1v) is 7.59. The van der Waals surface area contributed by atoms with Crippen molar-refractivity contribution in [2.75, 3.05) is 0 Å². The molecule has 0 fully saturated rings. The predicted octanol–water partition coefficient (Wildman–Crippen LogP) is 4.31. The summed E-state index contributed by atoms with van der Waals surface area (Å²) in [6.07, 6.45) is 0. The summed E-state index contributed by atoms with van der Waals surface area (Å²) >= 11 is 8.97. The van der Waals surface area contributed by atoms with Gasteiger partial charge < -0.3 is 0 Å². The fourth-order valence-electron chi connectivity index (χ4n) is 1.96. The number of rotatable bonds is 3. The van der Waals surface area contributed by atoms with Gasteiger partial charge in [0.05, 0.1) is 10.4 Å². The van der Waals surface area contributed by atoms with Crippen molar-refractivity contribution in [3.05, 3.63) is 56.3 Å². The van der Waals surface area contributed by atoms with Crippen LogP contribution in [0, 0.1) is 5.82 Å². The van der Waals surface area contributed by atoms with Gasteiger partial charge in [-0.15, -0.1) is 22.7 Å². The minimum absolute atomic E-state index is 0.113. The van der Waals surface area contributed by atoms with Crippen LogP contribution in [0.1, 0.15) is 15.8 Å². The van der Waals surface area contributed by atoms with E-state index in [0.717, 1.165) is 24.2 Å². The van der Waals surface area contributed by atoms with E-state index in [0.29, 0.717) is 0 Å². The molecule has 0 saturated carbocycles. The summed E-state index contributed by atoms with van der Waals surface area (Å²) in [5, 5.41) is 1.02. The van der Waals surface area contributed by atoms with Gasteiger partial charge in [-0.3, -0.25) is 5.84 Å². The van der Waals surface area contributed by atoms with E-state index in [2.05, 4.69) is 5.43 Å². The molecule has 3 rings (SSSR count). The van der Waals surface area contributed by atoms with E-state index in [9.17, 15) is 4.39 Å². The van der Waals surface area contributed by atoms with Gasteiger partial charge in [-0.1, -0.05) is 17.7 Å². The van der Waals surface area contributed by atoms with Crippen LogP contribution >= 0.6 is 34.3 Å². The fourth-order valence-corrected chi connectivity index (χ4v) is 4.34. The zero-order valence-electron chi connectivity index (χ0n) is 9.69. The zero-order valence-corrected chi connectivity index (χ0v) is 12.1. The van der Waals surface area contributed by atoms with Crippen LogP contribution in [0.5, 0.6) is 0 Å². The van der Waals surface area contributed by atoms with Gasteiger partial charge in [0.25, 0.3) is 0 Å². The lowest BCUT2D eigenvalue weighted by molar-refractivity contribution is 0.630. The van der Waals surface area contributed by atoms with E-state index < -0.39 is 0 Å². The van der Waals surface area contributed by atoms with Crippen molar-refractivity contribution in [3.63, 3.8) is 0 Å². The Morgan fingerprint density at radius 2 is 1.95 bits per heavy atom. The van der Waals surface area contributed by atoms with E-state index in [4.69, 9.17) is 17.4 Å². The maximum atomic E-state index is 13.2. The van der Waals surface area contributed by atoms with Gasteiger partial charge in [0.15, 0.2) is 0 Å². The molecule has 3 aromatic rings. The van der Waals surface area contributed by atoms with Crippen molar-refractivity contribution < 1.29 is 4.39 Å². The van der Waals surface area contributed by atoms with Crippen LogP contribution in [-0.4, -0.2) is 0 Å². The molecule has 0 radical (unpaired) electrons. The van der Waals surface area contributed by atoms with E-state index >= 15 is 0 Å². The number of hydrogen-bond donors (Lipinski definition) is 2. The minimum Gasteiger partial charge on any atom is -0.271 e. The topological polar surface area (TPSA) is 38.0 Å². The fraction of sp³-hybridized carbons (Fsp3) is 0.0769. The number of nitrogens with two attached hydrogens (primary N) is 1. The summed E-state index contributed by atoms with van der Waals surface area (Å²) in [4.78, 5) is 2.08. The summed E-state index contributed by atoms with van der Waals surface area (Å²) in [6, 6.07) is 10.5. The van der Waals surface area contributed by atoms with Crippen LogP contribution in [0.15, 0.2) is 36.4 Å². The Hall–Kier alpha value is -0.980. The second-order valence-electron chi connectivity index (χ2n) is 4.07. The Morgan fingerprint density at radius 3 is 2.63 bits per heavy atom. The minimum atomic E-state index is -0.225. The van der Waals surface area contributed by atoms with Gasteiger partial charge >= 0.3 is 0 Å². The predicted molar refractivity (Wildman–Crippen MR) is 80.3 cm³/mol. The Bertz CT molecular complexity index is 722. The third-order valence-electron chi connectivity index (χ3n) is 2.83. The maximum Gasteiger partial charge on any atom is 0.124 e. The average molecular weight is 313 g/mol. The molecule has 1 atom stereocenters. The molecular weight excluding hydrogens is 303 g/mol. The molecular formula is C13H10ClFN2S2. The largest absolute Gasteiger partial charge is 0.271 e. The zero-order chi connectivity index (χ0) is 13.4. The Balaban J connectivity index is 2.06. The van der Waals surface area contributed by atoms with E-state index in [1.807, 2.05) is 18.2 Å². The average Bonchev–Trinajstić information content (AvgIpc) is 2.96. The molecule has 0 bridgehead atoms. The Kier molecular flexibility index (Phi) is 3.56. The monoisotopic (exact) mass is 312 g/mol. The molecule has 2 heterocycles. The molecule has 19 heavy (non-hydrogen) atoms. The summed E-state index contributed by atoms with van der Waals surface area (Å²) in [7, 11) is 0. The molecule has 0 aliphatic heterocycles. The highest BCUT2D eigenvalue weighted by molar-refractivity contribution is 7.19. The molecule has 98 valence electrons. The number of hydrogen-bond acceptors (Lipinski definition) is 4. The number of benzene rings is 1. The molecule has 2 nitrogen and oxygen atoms in total. The molecule has 0 aliphatic rings. The summed E-state index contributed by atoms with van der Waals surface area (Å²) in [6.45, 7) is 0. The van der Waals surface area contributed by atoms with Crippen LogP contribution in [0.4, 0.5) is 4.39 Å². The van der Waals surface area contributed by atoms with Crippen LogP contribution in [0.2, 0.25) is 4.34 Å². The van der Waals surface area contributed by atoms with E-state index in [-0.39, 0.29) is 11.9 Å². The van der Waals surface area contributed by atoms with Crippen LogP contribution in [-0.2, 0) is 0 Å². The SMILES string of the molecule is NNC(c1ccc(Cl)s1)c1cc2ccc(F)cc2s1. The normalized spacial score (nSPS) is 13.0. The smallest absolute Gasteiger partial charge is 0.124 e. The number of nitrogens with one attached hydrogen (secondary N) is 1. The Labute approximate surface area is 122 Å². The maximum absolute atomic E-state index is 13.2. The molecule has 1 unspecified atom stereocenters. The highest BCUT2D eigenvalue weighted by Gasteiger charge is 2.17. The first-order chi connectivity index (χ1) is 9.17. The van der Waals surface area contributed by atoms with Crippen molar-refractivity contribution in [2.45, 2.75) is 6.04 Å². The summed E-state index contributed by atoms with van der Waals surface area (Å²) in [5.74, 6) is 5.42. The molecule has 6 heteroatoms. The number of hydrazine groups is 1. The number of thiophene rings is 2. The lowest BCUT2D eigenvalue weighted by atomic mass is 10.2. The van der Waals surface area contributed by atoms with Crippen molar-refractivity contribution >= 4 is 44.4 Å². The molecule has 3 N–H and O–H groups in total. The van der Waals surface area contributed by atoms with Gasteiger partial charge in [-0.05, 0) is 35.7 Å². The van der Waals surface area contributed by atoms with Crippen molar-refractivity contribution in [1.82, 2.24) is 5.43 Å². The third kappa shape index (κ3) is 2.52. The molecule has 0 saturated heterocycles.